The van der Waals surface area contributed by atoms with Crippen LogP contribution in [-0.4, -0.2) is 18.0 Å². The molecule has 1 rings (SSSR count). The van der Waals surface area contributed by atoms with Crippen molar-refractivity contribution >= 4 is 0 Å². The summed E-state index contributed by atoms with van der Waals surface area (Å²) in [5, 5.41) is 8.75. The van der Waals surface area contributed by atoms with Crippen molar-refractivity contribution in [1.82, 2.24) is 4.90 Å². The topological polar surface area (TPSA) is 27.0 Å². The molecule has 2 heteroatoms. The normalized spacial score (nSPS) is 10.9. The van der Waals surface area contributed by atoms with E-state index in [4.69, 9.17) is 5.26 Å². The van der Waals surface area contributed by atoms with Gasteiger partial charge in [0, 0.05) is 26.1 Å². The van der Waals surface area contributed by atoms with Crippen LogP contribution in [0, 0.1) is 31.1 Å². The van der Waals surface area contributed by atoms with Crippen molar-refractivity contribution in [2.75, 3.05) is 13.1 Å². The van der Waals surface area contributed by atoms with Gasteiger partial charge in [0.15, 0.2) is 0 Å². The molecule has 1 aromatic carbocycles. The van der Waals surface area contributed by atoms with Crippen molar-refractivity contribution in [2.24, 2.45) is 5.92 Å². The third-order valence-electron chi connectivity index (χ3n) is 3.19. The van der Waals surface area contributed by atoms with Crippen LogP contribution in [0.1, 0.15) is 37.0 Å². The first-order valence-corrected chi connectivity index (χ1v) is 6.69. The van der Waals surface area contributed by atoms with Crippen molar-refractivity contribution in [3.8, 4) is 6.07 Å². The summed E-state index contributed by atoms with van der Waals surface area (Å²) in [6.07, 6.45) is 0.609. The summed E-state index contributed by atoms with van der Waals surface area (Å²) in [6, 6.07) is 8.69. The monoisotopic (exact) mass is 244 g/mol. The Morgan fingerprint density at radius 3 is 2.33 bits per heavy atom. The molecule has 98 valence electrons. The maximum absolute atomic E-state index is 8.75. The Bertz CT molecular complexity index is 395. The molecule has 0 fully saturated rings. The van der Waals surface area contributed by atoms with Crippen LogP contribution in [0.3, 0.4) is 0 Å². The van der Waals surface area contributed by atoms with E-state index in [1.54, 1.807) is 0 Å². The van der Waals surface area contributed by atoms with Crippen molar-refractivity contribution in [3.63, 3.8) is 0 Å². The molecular formula is C16H24N2. The molecule has 18 heavy (non-hydrogen) atoms. The Labute approximate surface area is 111 Å². The lowest BCUT2D eigenvalue weighted by Crippen LogP contribution is -2.29. The smallest absolute Gasteiger partial charge is 0.0635 e. The van der Waals surface area contributed by atoms with Gasteiger partial charge in [0.1, 0.15) is 0 Å². The van der Waals surface area contributed by atoms with Gasteiger partial charge in [-0.15, -0.1) is 0 Å². The summed E-state index contributed by atoms with van der Waals surface area (Å²) in [5.74, 6) is 0.632. The standard InChI is InChI=1S/C16H24N2/c1-13(2)11-18(10-6-9-17)12-16-14(3)7-5-8-15(16)4/h5,7-8,13H,6,10-12H2,1-4H3. The summed E-state index contributed by atoms with van der Waals surface area (Å²) >= 11 is 0. The second-order valence-corrected chi connectivity index (χ2v) is 5.41. The van der Waals surface area contributed by atoms with Crippen LogP contribution >= 0.6 is 0 Å². The van der Waals surface area contributed by atoms with E-state index in [0.717, 1.165) is 19.6 Å². The zero-order chi connectivity index (χ0) is 13.5. The van der Waals surface area contributed by atoms with Gasteiger partial charge in [-0.05, 0) is 36.5 Å². The minimum atomic E-state index is 0.609. The minimum absolute atomic E-state index is 0.609. The van der Waals surface area contributed by atoms with E-state index in [9.17, 15) is 0 Å². The summed E-state index contributed by atoms with van der Waals surface area (Å²) in [7, 11) is 0. The van der Waals surface area contributed by atoms with E-state index in [1.165, 1.54) is 16.7 Å². The van der Waals surface area contributed by atoms with E-state index in [-0.39, 0.29) is 0 Å². The van der Waals surface area contributed by atoms with Crippen LogP contribution in [0.2, 0.25) is 0 Å². The summed E-state index contributed by atoms with van der Waals surface area (Å²) in [4.78, 5) is 2.39. The lowest BCUT2D eigenvalue weighted by atomic mass is 10.0. The lowest BCUT2D eigenvalue weighted by molar-refractivity contribution is 0.240. The maximum atomic E-state index is 8.75. The van der Waals surface area contributed by atoms with Gasteiger partial charge in [-0.25, -0.2) is 0 Å². The maximum Gasteiger partial charge on any atom is 0.0635 e. The Balaban J connectivity index is 2.78. The number of nitriles is 1. The van der Waals surface area contributed by atoms with Crippen LogP contribution in [0.15, 0.2) is 18.2 Å². The second-order valence-electron chi connectivity index (χ2n) is 5.41. The number of aryl methyl sites for hydroxylation is 2. The molecule has 0 aliphatic rings. The third kappa shape index (κ3) is 4.50. The van der Waals surface area contributed by atoms with Crippen molar-refractivity contribution in [2.45, 2.75) is 40.7 Å². The fourth-order valence-corrected chi connectivity index (χ4v) is 2.28. The molecule has 0 unspecified atom stereocenters. The number of rotatable bonds is 6. The van der Waals surface area contributed by atoms with Gasteiger partial charge in [-0.1, -0.05) is 32.0 Å². The fraction of sp³-hybridized carbons (Fsp3) is 0.562. The quantitative estimate of drug-likeness (QED) is 0.763. The highest BCUT2D eigenvalue weighted by molar-refractivity contribution is 5.33. The second kappa shape index (κ2) is 7.18. The molecule has 1 aromatic rings. The molecule has 0 atom stereocenters. The van der Waals surface area contributed by atoms with E-state index < -0.39 is 0 Å². The molecule has 0 bridgehead atoms. The van der Waals surface area contributed by atoms with E-state index in [0.29, 0.717) is 12.3 Å². The average Bonchev–Trinajstić information content (AvgIpc) is 2.30. The molecule has 0 amide bonds. The molecule has 0 aliphatic carbocycles. The zero-order valence-electron chi connectivity index (χ0n) is 12.0. The zero-order valence-corrected chi connectivity index (χ0v) is 12.0. The molecule has 0 aliphatic heterocycles. The number of hydrogen-bond donors (Lipinski definition) is 0. The third-order valence-corrected chi connectivity index (χ3v) is 3.19. The van der Waals surface area contributed by atoms with Gasteiger partial charge in [-0.3, -0.25) is 4.90 Å². The number of hydrogen-bond acceptors (Lipinski definition) is 2. The van der Waals surface area contributed by atoms with Gasteiger partial charge < -0.3 is 0 Å². The average molecular weight is 244 g/mol. The van der Waals surface area contributed by atoms with Crippen molar-refractivity contribution < 1.29 is 0 Å². The molecule has 0 radical (unpaired) electrons. The molecule has 0 N–H and O–H groups in total. The van der Waals surface area contributed by atoms with E-state index in [2.05, 4.69) is 56.9 Å². The summed E-state index contributed by atoms with van der Waals surface area (Å²) < 4.78 is 0. The highest BCUT2D eigenvalue weighted by Gasteiger charge is 2.11. The number of nitrogens with zero attached hydrogens (tertiary/aromatic N) is 2. The largest absolute Gasteiger partial charge is 0.298 e. The SMILES string of the molecule is Cc1cccc(C)c1CN(CCC#N)CC(C)C. The number of benzene rings is 1. The van der Waals surface area contributed by atoms with Gasteiger partial charge in [0.05, 0.1) is 6.07 Å². The Morgan fingerprint density at radius 2 is 1.83 bits per heavy atom. The van der Waals surface area contributed by atoms with Crippen LogP contribution < -0.4 is 0 Å². The van der Waals surface area contributed by atoms with Crippen LogP contribution in [-0.2, 0) is 6.54 Å². The minimum Gasteiger partial charge on any atom is -0.298 e. The molecule has 0 saturated heterocycles. The van der Waals surface area contributed by atoms with Crippen LogP contribution in [0.25, 0.3) is 0 Å². The summed E-state index contributed by atoms with van der Waals surface area (Å²) in [6.45, 7) is 11.7. The molecular weight excluding hydrogens is 220 g/mol. The Morgan fingerprint density at radius 1 is 1.22 bits per heavy atom. The molecule has 0 heterocycles. The predicted molar refractivity (Wildman–Crippen MR) is 76.3 cm³/mol. The highest BCUT2D eigenvalue weighted by atomic mass is 15.1. The molecule has 0 spiro atoms. The van der Waals surface area contributed by atoms with Crippen molar-refractivity contribution in [1.29, 1.82) is 5.26 Å². The van der Waals surface area contributed by atoms with Gasteiger partial charge in [0.25, 0.3) is 0 Å². The van der Waals surface area contributed by atoms with Crippen LogP contribution in [0.5, 0.6) is 0 Å². The van der Waals surface area contributed by atoms with Gasteiger partial charge in [0.2, 0.25) is 0 Å². The van der Waals surface area contributed by atoms with Gasteiger partial charge >= 0.3 is 0 Å². The Hall–Kier alpha value is -1.33. The van der Waals surface area contributed by atoms with E-state index >= 15 is 0 Å². The first-order chi connectivity index (χ1) is 8.54. The highest BCUT2D eigenvalue weighted by Crippen LogP contribution is 2.16. The lowest BCUT2D eigenvalue weighted by Gasteiger charge is -2.25. The Kier molecular flexibility index (Phi) is 5.88. The molecule has 2 nitrogen and oxygen atoms in total. The fourth-order valence-electron chi connectivity index (χ4n) is 2.28. The molecule has 0 saturated carbocycles. The van der Waals surface area contributed by atoms with Crippen LogP contribution in [0.4, 0.5) is 0 Å². The first kappa shape index (κ1) is 14.7. The summed E-state index contributed by atoms with van der Waals surface area (Å²) in [5.41, 5.74) is 4.11. The molecule has 0 aromatic heterocycles. The first-order valence-electron chi connectivity index (χ1n) is 6.69. The predicted octanol–water partition coefficient (Wildman–Crippen LogP) is 3.68. The van der Waals surface area contributed by atoms with Gasteiger partial charge in [-0.2, -0.15) is 5.26 Å². The van der Waals surface area contributed by atoms with E-state index in [1.807, 2.05) is 0 Å². The van der Waals surface area contributed by atoms with Crippen molar-refractivity contribution in [3.05, 3.63) is 34.9 Å².